The SMILES string of the molecule is O=C(Nc1nnn[nH]1)c1cc(S(=O)(=O)c2ccccc2)c2ccccn2c1=O. The standard InChI is InChI=1S/C17H12N6O4S/c24-15(18-17-19-21-22-20-17)12-10-14(13-8-4-5-9-23(13)16(12)25)28(26,27)11-6-2-1-3-7-11/h1-10H,(H2,18,19,20,21,22,24). The first-order valence-electron chi connectivity index (χ1n) is 7.98. The van der Waals surface area contributed by atoms with Crippen molar-refractivity contribution in [2.45, 2.75) is 9.79 Å². The van der Waals surface area contributed by atoms with Crippen LogP contribution in [-0.2, 0) is 9.84 Å². The summed E-state index contributed by atoms with van der Waals surface area (Å²) in [7, 11) is -3.99. The molecule has 2 N–H and O–H groups in total. The van der Waals surface area contributed by atoms with Gasteiger partial charge in [0, 0.05) is 6.20 Å². The van der Waals surface area contributed by atoms with E-state index in [2.05, 4.69) is 25.9 Å². The number of nitrogens with zero attached hydrogens (tertiary/aromatic N) is 4. The number of benzene rings is 1. The average molecular weight is 396 g/mol. The third-order valence-electron chi connectivity index (χ3n) is 4.00. The Hall–Kier alpha value is -3.86. The first-order valence-corrected chi connectivity index (χ1v) is 9.46. The number of nitrogens with one attached hydrogen (secondary N) is 2. The highest BCUT2D eigenvalue weighted by atomic mass is 32.2. The molecule has 1 amide bonds. The van der Waals surface area contributed by atoms with Crippen molar-refractivity contribution in [1.82, 2.24) is 25.0 Å². The lowest BCUT2D eigenvalue weighted by molar-refractivity contribution is 0.102. The van der Waals surface area contributed by atoms with Crippen LogP contribution < -0.4 is 10.9 Å². The van der Waals surface area contributed by atoms with Gasteiger partial charge in [-0.1, -0.05) is 29.4 Å². The fourth-order valence-electron chi connectivity index (χ4n) is 2.71. The molecule has 0 aliphatic rings. The second-order valence-corrected chi connectivity index (χ2v) is 7.62. The molecule has 10 nitrogen and oxygen atoms in total. The third kappa shape index (κ3) is 2.93. The van der Waals surface area contributed by atoms with Crippen molar-refractivity contribution in [1.29, 1.82) is 0 Å². The minimum atomic E-state index is -3.99. The van der Waals surface area contributed by atoms with E-state index in [0.29, 0.717) is 0 Å². The number of amides is 1. The fraction of sp³-hybridized carbons (Fsp3) is 0. The maximum absolute atomic E-state index is 13.2. The number of carbonyl (C=O) groups excluding carboxylic acids is 1. The Morgan fingerprint density at radius 3 is 2.54 bits per heavy atom. The van der Waals surface area contributed by atoms with Crippen LogP contribution >= 0.6 is 0 Å². The minimum absolute atomic E-state index is 0.0465. The highest BCUT2D eigenvalue weighted by Gasteiger charge is 2.25. The summed E-state index contributed by atoms with van der Waals surface area (Å²) in [5.41, 5.74) is -0.878. The number of tetrazole rings is 1. The number of aromatic amines is 1. The predicted octanol–water partition coefficient (Wildman–Crippen LogP) is 0.898. The highest BCUT2D eigenvalue weighted by molar-refractivity contribution is 7.91. The Kier molecular flexibility index (Phi) is 4.20. The molecule has 140 valence electrons. The zero-order chi connectivity index (χ0) is 19.7. The predicted molar refractivity (Wildman–Crippen MR) is 97.7 cm³/mol. The molecule has 0 fully saturated rings. The zero-order valence-corrected chi connectivity index (χ0v) is 14.9. The number of rotatable bonds is 4. The molecule has 4 aromatic rings. The summed E-state index contributed by atoms with van der Waals surface area (Å²) >= 11 is 0. The molecule has 3 aromatic heterocycles. The van der Waals surface area contributed by atoms with Gasteiger partial charge in [0.1, 0.15) is 5.56 Å². The second-order valence-electron chi connectivity index (χ2n) is 5.70. The van der Waals surface area contributed by atoms with Crippen LogP contribution in [0.1, 0.15) is 10.4 Å². The van der Waals surface area contributed by atoms with Gasteiger partial charge in [-0.05, 0) is 40.8 Å². The van der Waals surface area contributed by atoms with E-state index in [4.69, 9.17) is 0 Å². The first-order chi connectivity index (χ1) is 13.5. The van der Waals surface area contributed by atoms with E-state index in [0.717, 1.165) is 10.5 Å². The number of anilines is 1. The van der Waals surface area contributed by atoms with E-state index in [-0.39, 0.29) is 26.8 Å². The Morgan fingerprint density at radius 2 is 1.82 bits per heavy atom. The van der Waals surface area contributed by atoms with Gasteiger partial charge in [0.2, 0.25) is 15.8 Å². The topological polar surface area (TPSA) is 139 Å². The number of H-pyrrole nitrogens is 1. The molecule has 28 heavy (non-hydrogen) atoms. The van der Waals surface area contributed by atoms with E-state index in [9.17, 15) is 18.0 Å². The lowest BCUT2D eigenvalue weighted by atomic mass is 10.2. The zero-order valence-electron chi connectivity index (χ0n) is 14.1. The van der Waals surface area contributed by atoms with Crippen molar-refractivity contribution in [3.05, 3.63) is 76.7 Å². The summed E-state index contributed by atoms with van der Waals surface area (Å²) in [5.74, 6) is -0.915. The van der Waals surface area contributed by atoms with Crippen LogP contribution in [0.2, 0.25) is 0 Å². The van der Waals surface area contributed by atoms with Crippen molar-refractivity contribution < 1.29 is 13.2 Å². The van der Waals surface area contributed by atoms with Crippen LogP contribution in [0.25, 0.3) is 5.52 Å². The number of carbonyl (C=O) groups is 1. The Bertz CT molecular complexity index is 1330. The molecule has 0 saturated heterocycles. The van der Waals surface area contributed by atoms with Crippen molar-refractivity contribution in [3.8, 4) is 0 Å². The lowest BCUT2D eigenvalue weighted by Crippen LogP contribution is -2.27. The first kappa shape index (κ1) is 17.5. The summed E-state index contributed by atoms with van der Waals surface area (Å²) in [6.45, 7) is 0. The molecule has 11 heteroatoms. The van der Waals surface area contributed by atoms with Gasteiger partial charge in [-0.2, -0.15) is 0 Å². The number of sulfone groups is 1. The van der Waals surface area contributed by atoms with Crippen LogP contribution in [0, 0.1) is 0 Å². The van der Waals surface area contributed by atoms with Gasteiger partial charge >= 0.3 is 0 Å². The smallest absolute Gasteiger partial charge is 0.268 e. The van der Waals surface area contributed by atoms with Gasteiger partial charge in [-0.25, -0.2) is 13.5 Å². The third-order valence-corrected chi connectivity index (χ3v) is 5.80. The van der Waals surface area contributed by atoms with Gasteiger partial charge < -0.3 is 0 Å². The summed E-state index contributed by atoms with van der Waals surface area (Å²) < 4.78 is 27.4. The molecule has 3 heterocycles. The number of pyridine rings is 2. The van der Waals surface area contributed by atoms with E-state index in [1.54, 1.807) is 30.3 Å². The second kappa shape index (κ2) is 6.70. The lowest BCUT2D eigenvalue weighted by Gasteiger charge is -2.11. The number of hydrogen-bond acceptors (Lipinski definition) is 7. The van der Waals surface area contributed by atoms with Gasteiger partial charge in [0.25, 0.3) is 11.5 Å². The molecule has 0 atom stereocenters. The fourth-order valence-corrected chi connectivity index (χ4v) is 4.19. The Labute approximate surface area is 157 Å². The largest absolute Gasteiger partial charge is 0.289 e. The highest BCUT2D eigenvalue weighted by Crippen LogP contribution is 2.25. The molecular weight excluding hydrogens is 384 g/mol. The molecule has 0 unspecified atom stereocenters. The average Bonchev–Trinajstić information content (AvgIpc) is 3.22. The van der Waals surface area contributed by atoms with Gasteiger partial charge in [-0.3, -0.25) is 19.3 Å². The quantitative estimate of drug-likeness (QED) is 0.522. The van der Waals surface area contributed by atoms with Gasteiger partial charge in [-0.15, -0.1) is 0 Å². The van der Waals surface area contributed by atoms with Crippen LogP contribution in [0.4, 0.5) is 5.95 Å². The van der Waals surface area contributed by atoms with Crippen molar-refractivity contribution in [2.75, 3.05) is 5.32 Å². The van der Waals surface area contributed by atoms with E-state index in [1.165, 1.54) is 24.4 Å². The maximum Gasteiger partial charge on any atom is 0.268 e. The number of aromatic nitrogens is 5. The van der Waals surface area contributed by atoms with Gasteiger partial charge in [0.15, 0.2) is 0 Å². The summed E-state index contributed by atoms with van der Waals surface area (Å²) in [5, 5.41) is 14.8. The summed E-state index contributed by atoms with van der Waals surface area (Å²) in [6.07, 6.45) is 1.40. The molecule has 0 radical (unpaired) electrons. The Morgan fingerprint density at radius 1 is 1.07 bits per heavy atom. The molecule has 0 spiro atoms. The number of fused-ring (bicyclic) bond motifs is 1. The van der Waals surface area contributed by atoms with Crippen LogP contribution in [0.5, 0.6) is 0 Å². The maximum atomic E-state index is 13.2. The molecule has 0 aliphatic heterocycles. The van der Waals surface area contributed by atoms with E-state index >= 15 is 0 Å². The summed E-state index contributed by atoms with van der Waals surface area (Å²) in [6, 6.07) is 13.5. The van der Waals surface area contributed by atoms with Crippen LogP contribution in [-0.4, -0.2) is 39.3 Å². The monoisotopic (exact) mass is 396 g/mol. The Balaban J connectivity index is 1.95. The summed E-state index contributed by atoms with van der Waals surface area (Å²) in [4.78, 5) is 25.2. The van der Waals surface area contributed by atoms with Crippen LogP contribution in [0.15, 0.2) is 75.4 Å². The van der Waals surface area contributed by atoms with Crippen LogP contribution in [0.3, 0.4) is 0 Å². The number of hydrogen-bond donors (Lipinski definition) is 2. The van der Waals surface area contributed by atoms with E-state index in [1.807, 2.05) is 0 Å². The molecule has 4 rings (SSSR count). The molecule has 0 saturated carbocycles. The van der Waals surface area contributed by atoms with Crippen molar-refractivity contribution in [3.63, 3.8) is 0 Å². The van der Waals surface area contributed by atoms with Gasteiger partial charge in [0.05, 0.1) is 15.3 Å². The van der Waals surface area contributed by atoms with Crippen molar-refractivity contribution >= 4 is 27.2 Å². The molecule has 0 aliphatic carbocycles. The minimum Gasteiger partial charge on any atom is -0.289 e. The molecule has 0 bridgehead atoms. The normalized spacial score (nSPS) is 11.4. The molecular formula is C17H12N6O4S. The van der Waals surface area contributed by atoms with Crippen molar-refractivity contribution in [2.24, 2.45) is 0 Å². The van der Waals surface area contributed by atoms with E-state index < -0.39 is 21.3 Å². The molecule has 1 aromatic carbocycles.